The van der Waals surface area contributed by atoms with Crippen LogP contribution in [0.5, 0.6) is 0 Å². The Hall–Kier alpha value is -1.39. The molecule has 0 aliphatic carbocycles. The summed E-state index contributed by atoms with van der Waals surface area (Å²) in [6.45, 7) is 7.45. The van der Waals surface area contributed by atoms with E-state index in [1.807, 2.05) is 24.3 Å². The molecule has 100 valence electrons. The van der Waals surface area contributed by atoms with E-state index in [9.17, 15) is 4.79 Å². The van der Waals surface area contributed by atoms with Crippen LogP contribution in [0.4, 0.5) is 5.69 Å². The van der Waals surface area contributed by atoms with E-state index in [4.69, 9.17) is 5.73 Å². The van der Waals surface area contributed by atoms with Crippen molar-refractivity contribution in [2.45, 2.75) is 26.8 Å². The fraction of sp³-hybridized carbons (Fsp3) is 0.500. The van der Waals surface area contributed by atoms with Gasteiger partial charge in [-0.3, -0.25) is 4.79 Å². The van der Waals surface area contributed by atoms with Crippen molar-refractivity contribution in [2.75, 3.05) is 25.0 Å². The smallest absolute Gasteiger partial charge is 0.225 e. The fourth-order valence-corrected chi connectivity index (χ4v) is 1.80. The third kappa shape index (κ3) is 4.85. The van der Waals surface area contributed by atoms with Gasteiger partial charge in [0.05, 0.1) is 0 Å². The van der Waals surface area contributed by atoms with Crippen molar-refractivity contribution in [3.63, 3.8) is 0 Å². The van der Waals surface area contributed by atoms with Crippen molar-refractivity contribution in [3.05, 3.63) is 29.8 Å². The highest BCUT2D eigenvalue weighted by Crippen LogP contribution is 2.10. The molecule has 0 atom stereocenters. The van der Waals surface area contributed by atoms with Crippen LogP contribution in [0.1, 0.15) is 25.8 Å². The second kappa shape index (κ2) is 7.84. The van der Waals surface area contributed by atoms with Crippen LogP contribution in [0.25, 0.3) is 0 Å². The van der Waals surface area contributed by atoms with Gasteiger partial charge in [0.25, 0.3) is 0 Å². The van der Waals surface area contributed by atoms with E-state index in [0.717, 1.165) is 30.9 Å². The number of carbonyl (C=O) groups is 1. The van der Waals surface area contributed by atoms with E-state index < -0.39 is 0 Å². The highest BCUT2D eigenvalue weighted by molar-refractivity contribution is 5.90. The van der Waals surface area contributed by atoms with Gasteiger partial charge in [-0.15, -0.1) is 0 Å². The second-order valence-corrected chi connectivity index (χ2v) is 4.23. The Morgan fingerprint density at radius 1 is 1.33 bits per heavy atom. The Bertz CT molecular complexity index is 375. The topological polar surface area (TPSA) is 58.4 Å². The fourth-order valence-electron chi connectivity index (χ4n) is 1.80. The van der Waals surface area contributed by atoms with Gasteiger partial charge in [-0.1, -0.05) is 26.0 Å². The van der Waals surface area contributed by atoms with E-state index in [-0.39, 0.29) is 5.91 Å². The largest absolute Gasteiger partial charge is 0.326 e. The van der Waals surface area contributed by atoms with Crippen LogP contribution in [0.3, 0.4) is 0 Å². The molecule has 0 aliphatic heterocycles. The van der Waals surface area contributed by atoms with Crippen LogP contribution in [0.15, 0.2) is 24.3 Å². The summed E-state index contributed by atoms with van der Waals surface area (Å²) >= 11 is 0. The SMILES string of the molecule is CCN(CC)CCC(=O)Nc1cccc(CN)c1. The summed E-state index contributed by atoms with van der Waals surface area (Å²) in [7, 11) is 0. The predicted molar refractivity (Wildman–Crippen MR) is 75.4 cm³/mol. The molecular weight excluding hydrogens is 226 g/mol. The Labute approximate surface area is 109 Å². The number of nitrogens with two attached hydrogens (primary N) is 1. The summed E-state index contributed by atoms with van der Waals surface area (Å²) in [5.41, 5.74) is 7.41. The predicted octanol–water partition coefficient (Wildman–Crippen LogP) is 1.82. The summed E-state index contributed by atoms with van der Waals surface area (Å²) in [4.78, 5) is 14.0. The van der Waals surface area contributed by atoms with E-state index >= 15 is 0 Å². The molecule has 0 fully saturated rings. The molecule has 3 N–H and O–H groups in total. The van der Waals surface area contributed by atoms with Crippen LogP contribution in [-0.2, 0) is 11.3 Å². The van der Waals surface area contributed by atoms with E-state index in [0.29, 0.717) is 13.0 Å². The number of rotatable bonds is 7. The molecule has 0 saturated carbocycles. The highest BCUT2D eigenvalue weighted by atomic mass is 16.1. The molecular formula is C14H23N3O. The molecule has 1 amide bonds. The van der Waals surface area contributed by atoms with Gasteiger partial charge in [-0.05, 0) is 30.8 Å². The first kappa shape index (κ1) is 14.7. The number of hydrogen-bond acceptors (Lipinski definition) is 3. The number of nitrogens with zero attached hydrogens (tertiary/aromatic N) is 1. The molecule has 1 aromatic carbocycles. The van der Waals surface area contributed by atoms with Gasteiger partial charge in [0.1, 0.15) is 0 Å². The lowest BCUT2D eigenvalue weighted by atomic mass is 10.2. The zero-order chi connectivity index (χ0) is 13.4. The summed E-state index contributed by atoms with van der Waals surface area (Å²) in [6.07, 6.45) is 0.522. The Kier molecular flexibility index (Phi) is 6.39. The first-order valence-electron chi connectivity index (χ1n) is 6.50. The lowest BCUT2D eigenvalue weighted by Gasteiger charge is -2.17. The molecule has 18 heavy (non-hydrogen) atoms. The Morgan fingerprint density at radius 3 is 2.67 bits per heavy atom. The molecule has 1 aromatic rings. The molecule has 0 aromatic heterocycles. The number of nitrogens with one attached hydrogen (secondary N) is 1. The van der Waals surface area contributed by atoms with Crippen LogP contribution in [0.2, 0.25) is 0 Å². The standard InChI is InChI=1S/C14H23N3O/c1-3-17(4-2)9-8-14(18)16-13-7-5-6-12(10-13)11-15/h5-7,10H,3-4,8-9,11,15H2,1-2H3,(H,16,18). The van der Waals surface area contributed by atoms with Crippen molar-refractivity contribution in [2.24, 2.45) is 5.73 Å². The van der Waals surface area contributed by atoms with E-state index in [1.165, 1.54) is 0 Å². The molecule has 0 unspecified atom stereocenters. The summed E-state index contributed by atoms with van der Waals surface area (Å²) in [6, 6.07) is 7.65. The molecule has 4 nitrogen and oxygen atoms in total. The van der Waals surface area contributed by atoms with E-state index in [1.54, 1.807) is 0 Å². The zero-order valence-corrected chi connectivity index (χ0v) is 11.3. The van der Waals surface area contributed by atoms with Crippen LogP contribution in [0, 0.1) is 0 Å². The highest BCUT2D eigenvalue weighted by Gasteiger charge is 2.05. The van der Waals surface area contributed by atoms with Gasteiger partial charge in [0.2, 0.25) is 5.91 Å². The first-order chi connectivity index (χ1) is 8.69. The minimum Gasteiger partial charge on any atom is -0.326 e. The maximum atomic E-state index is 11.8. The normalized spacial score (nSPS) is 10.7. The van der Waals surface area contributed by atoms with Gasteiger partial charge in [0.15, 0.2) is 0 Å². The first-order valence-corrected chi connectivity index (χ1v) is 6.50. The Balaban J connectivity index is 2.44. The van der Waals surface area contributed by atoms with Crippen molar-refractivity contribution in [1.82, 2.24) is 4.90 Å². The minimum atomic E-state index is 0.0519. The Morgan fingerprint density at radius 2 is 2.06 bits per heavy atom. The monoisotopic (exact) mass is 249 g/mol. The third-order valence-corrected chi connectivity index (χ3v) is 3.00. The molecule has 0 aliphatic rings. The van der Waals surface area contributed by atoms with Crippen molar-refractivity contribution in [1.29, 1.82) is 0 Å². The number of benzene rings is 1. The van der Waals surface area contributed by atoms with Gasteiger partial charge in [0, 0.05) is 25.2 Å². The van der Waals surface area contributed by atoms with Gasteiger partial charge >= 0.3 is 0 Å². The van der Waals surface area contributed by atoms with Crippen LogP contribution in [-0.4, -0.2) is 30.4 Å². The third-order valence-electron chi connectivity index (χ3n) is 3.00. The number of hydrogen-bond donors (Lipinski definition) is 2. The lowest BCUT2D eigenvalue weighted by molar-refractivity contribution is -0.116. The van der Waals surface area contributed by atoms with Crippen molar-refractivity contribution in [3.8, 4) is 0 Å². The molecule has 0 radical (unpaired) electrons. The van der Waals surface area contributed by atoms with E-state index in [2.05, 4.69) is 24.1 Å². The summed E-state index contributed by atoms with van der Waals surface area (Å²) in [5.74, 6) is 0.0519. The molecule has 4 heteroatoms. The van der Waals surface area contributed by atoms with Crippen LogP contribution < -0.4 is 11.1 Å². The quantitative estimate of drug-likeness (QED) is 0.775. The van der Waals surface area contributed by atoms with Gasteiger partial charge in [-0.25, -0.2) is 0 Å². The number of anilines is 1. The van der Waals surface area contributed by atoms with Gasteiger partial charge in [-0.2, -0.15) is 0 Å². The zero-order valence-electron chi connectivity index (χ0n) is 11.3. The molecule has 0 saturated heterocycles. The minimum absolute atomic E-state index is 0.0519. The number of carbonyl (C=O) groups excluding carboxylic acids is 1. The summed E-state index contributed by atoms with van der Waals surface area (Å²) < 4.78 is 0. The van der Waals surface area contributed by atoms with Gasteiger partial charge < -0.3 is 16.0 Å². The lowest BCUT2D eigenvalue weighted by Crippen LogP contribution is -2.27. The molecule has 0 spiro atoms. The summed E-state index contributed by atoms with van der Waals surface area (Å²) in [5, 5.41) is 2.90. The second-order valence-electron chi connectivity index (χ2n) is 4.23. The average molecular weight is 249 g/mol. The van der Waals surface area contributed by atoms with Crippen LogP contribution >= 0.6 is 0 Å². The van der Waals surface area contributed by atoms with Crippen molar-refractivity contribution >= 4 is 11.6 Å². The molecule has 0 bridgehead atoms. The average Bonchev–Trinajstić information content (AvgIpc) is 2.40. The molecule has 1 rings (SSSR count). The maximum absolute atomic E-state index is 11.8. The maximum Gasteiger partial charge on any atom is 0.225 e. The molecule has 0 heterocycles. The van der Waals surface area contributed by atoms with Crippen molar-refractivity contribution < 1.29 is 4.79 Å². The number of amides is 1.